The van der Waals surface area contributed by atoms with Crippen molar-refractivity contribution in [2.24, 2.45) is 11.8 Å². The van der Waals surface area contributed by atoms with Crippen LogP contribution < -0.4 is 9.62 Å². The molecule has 1 heterocycles. The largest absolute Gasteiger partial charge is 0.327 e. The smallest absolute Gasteiger partial charge is 0.264 e. The van der Waals surface area contributed by atoms with Gasteiger partial charge in [-0.2, -0.15) is 0 Å². The highest BCUT2D eigenvalue weighted by molar-refractivity contribution is 7.92. The first kappa shape index (κ1) is 27.2. The number of sulfonamides is 1. The van der Waals surface area contributed by atoms with E-state index in [0.717, 1.165) is 23.4 Å². The van der Waals surface area contributed by atoms with Crippen LogP contribution in [0.5, 0.6) is 0 Å². The van der Waals surface area contributed by atoms with Crippen LogP contribution in [0.25, 0.3) is 11.0 Å². The van der Waals surface area contributed by atoms with E-state index in [2.05, 4.69) is 30.7 Å². The number of nitrogens with one attached hydrogen (secondary N) is 1. The number of anilines is 2. The second-order valence-corrected chi connectivity index (χ2v) is 13.6. The van der Waals surface area contributed by atoms with E-state index in [1.165, 1.54) is 48.5 Å². The third kappa shape index (κ3) is 5.84. The molecule has 4 rings (SSSR count). The number of fused-ring (bicyclic) bond motifs is 1. The van der Waals surface area contributed by atoms with Crippen molar-refractivity contribution >= 4 is 38.3 Å². The predicted molar refractivity (Wildman–Crippen MR) is 151 cm³/mol. The molecular formula is C29H40N4O3S. The van der Waals surface area contributed by atoms with E-state index >= 15 is 0 Å². The summed E-state index contributed by atoms with van der Waals surface area (Å²) in [7, 11) is -2.23. The summed E-state index contributed by atoms with van der Waals surface area (Å²) in [4.78, 5) is 17.1. The molecule has 0 spiro atoms. The van der Waals surface area contributed by atoms with E-state index in [9.17, 15) is 13.2 Å². The molecule has 1 saturated carbocycles. The number of benzene rings is 2. The molecule has 200 valence electrons. The van der Waals surface area contributed by atoms with Crippen LogP contribution in [0.1, 0.15) is 72.5 Å². The zero-order chi connectivity index (χ0) is 27.0. The Balaban J connectivity index is 1.63. The Hall–Kier alpha value is -2.87. The number of hydrogen-bond donors (Lipinski definition) is 1. The number of imidazole rings is 1. The summed E-state index contributed by atoms with van der Waals surface area (Å²) in [5.41, 5.74) is 2.87. The van der Waals surface area contributed by atoms with Gasteiger partial charge in [-0.3, -0.25) is 9.10 Å². The Bertz CT molecular complexity index is 1360. The summed E-state index contributed by atoms with van der Waals surface area (Å²) < 4.78 is 30.5. The van der Waals surface area contributed by atoms with Crippen LogP contribution in [0.15, 0.2) is 47.4 Å². The first-order chi connectivity index (χ1) is 17.4. The van der Waals surface area contributed by atoms with Crippen LogP contribution >= 0.6 is 0 Å². The summed E-state index contributed by atoms with van der Waals surface area (Å²) in [6, 6.07) is 12.0. The number of hydrogen-bond acceptors (Lipinski definition) is 4. The van der Waals surface area contributed by atoms with E-state index in [1.54, 1.807) is 19.2 Å². The lowest BCUT2D eigenvalue weighted by molar-refractivity contribution is -0.118. The summed E-state index contributed by atoms with van der Waals surface area (Å²) in [5.74, 6) is 1.42. The molecule has 0 radical (unpaired) electrons. The van der Waals surface area contributed by atoms with Crippen LogP contribution in [0, 0.1) is 11.8 Å². The van der Waals surface area contributed by atoms with Crippen LogP contribution in [0.3, 0.4) is 0 Å². The zero-order valence-electron chi connectivity index (χ0n) is 22.9. The van der Waals surface area contributed by atoms with Gasteiger partial charge in [-0.05, 0) is 61.2 Å². The predicted octanol–water partition coefficient (Wildman–Crippen LogP) is 6.33. The fraction of sp³-hybridized carbons (Fsp3) is 0.517. The first-order valence-corrected chi connectivity index (χ1v) is 14.7. The van der Waals surface area contributed by atoms with Crippen molar-refractivity contribution < 1.29 is 13.2 Å². The monoisotopic (exact) mass is 524 g/mol. The van der Waals surface area contributed by atoms with E-state index in [-0.39, 0.29) is 22.1 Å². The minimum Gasteiger partial charge on any atom is -0.327 e. The van der Waals surface area contributed by atoms with Gasteiger partial charge < -0.3 is 9.88 Å². The Kier molecular flexibility index (Phi) is 7.70. The number of carbonyl (C=O) groups excluding carboxylic acids is 1. The molecule has 7 nitrogen and oxygen atoms in total. The van der Waals surface area contributed by atoms with Gasteiger partial charge in [0.25, 0.3) is 10.0 Å². The van der Waals surface area contributed by atoms with Gasteiger partial charge in [0.15, 0.2) is 0 Å². The number of amides is 1. The standard InChI is InChI=1S/C29H40N4O3S/c1-20(2)27(34)30-22-12-15-24(16-13-22)37(35,36)32(6)23-14-17-26-25(18-23)31-28(29(3,4)5)33(26)19-21-10-8-7-9-11-21/h12-18,20-21H,7-11,19H2,1-6H3,(H,30,34). The van der Waals surface area contributed by atoms with Crippen molar-refractivity contribution in [3.63, 3.8) is 0 Å². The molecule has 0 atom stereocenters. The van der Waals surface area contributed by atoms with E-state index < -0.39 is 10.0 Å². The molecule has 1 aromatic heterocycles. The minimum atomic E-state index is -3.79. The number of aromatic nitrogens is 2. The van der Waals surface area contributed by atoms with Crippen LogP contribution in [0.4, 0.5) is 11.4 Å². The highest BCUT2D eigenvalue weighted by atomic mass is 32.2. The maximum Gasteiger partial charge on any atom is 0.264 e. The van der Waals surface area contributed by atoms with Crippen molar-refractivity contribution in [1.29, 1.82) is 0 Å². The van der Waals surface area contributed by atoms with Crippen molar-refractivity contribution in [2.75, 3.05) is 16.7 Å². The lowest BCUT2D eigenvalue weighted by Crippen LogP contribution is -2.26. The Morgan fingerprint density at radius 2 is 1.73 bits per heavy atom. The second-order valence-electron chi connectivity index (χ2n) is 11.6. The lowest BCUT2D eigenvalue weighted by atomic mass is 9.88. The molecule has 2 aromatic carbocycles. The maximum atomic E-state index is 13.4. The summed E-state index contributed by atoms with van der Waals surface area (Å²) >= 11 is 0. The summed E-state index contributed by atoms with van der Waals surface area (Å²) in [6.07, 6.45) is 6.41. The van der Waals surface area contributed by atoms with Gasteiger partial charge in [-0.25, -0.2) is 13.4 Å². The van der Waals surface area contributed by atoms with Gasteiger partial charge in [0, 0.05) is 30.6 Å². The third-order valence-electron chi connectivity index (χ3n) is 7.24. The Morgan fingerprint density at radius 3 is 2.32 bits per heavy atom. The zero-order valence-corrected chi connectivity index (χ0v) is 23.7. The highest BCUT2D eigenvalue weighted by Gasteiger charge is 2.27. The van der Waals surface area contributed by atoms with Gasteiger partial charge >= 0.3 is 0 Å². The van der Waals surface area contributed by atoms with E-state index in [0.29, 0.717) is 17.3 Å². The molecule has 1 aliphatic carbocycles. The van der Waals surface area contributed by atoms with Crippen LogP contribution in [-0.4, -0.2) is 30.9 Å². The molecule has 0 bridgehead atoms. The van der Waals surface area contributed by atoms with Crippen LogP contribution in [0.2, 0.25) is 0 Å². The molecule has 8 heteroatoms. The average Bonchev–Trinajstić information content (AvgIpc) is 3.22. The van der Waals surface area contributed by atoms with Gasteiger partial charge in [-0.1, -0.05) is 53.9 Å². The molecule has 1 N–H and O–H groups in total. The topological polar surface area (TPSA) is 84.3 Å². The molecule has 1 aliphatic rings. The van der Waals surface area contributed by atoms with Gasteiger partial charge in [0.05, 0.1) is 21.6 Å². The fourth-order valence-electron chi connectivity index (χ4n) is 4.99. The summed E-state index contributed by atoms with van der Waals surface area (Å²) in [6.45, 7) is 11.1. The van der Waals surface area contributed by atoms with Crippen molar-refractivity contribution in [3.05, 3.63) is 48.3 Å². The van der Waals surface area contributed by atoms with Crippen molar-refractivity contribution in [1.82, 2.24) is 9.55 Å². The number of carbonyl (C=O) groups is 1. The first-order valence-electron chi connectivity index (χ1n) is 13.3. The van der Waals surface area contributed by atoms with Gasteiger partial charge in [0.1, 0.15) is 5.82 Å². The number of rotatable bonds is 7. The molecular weight excluding hydrogens is 484 g/mol. The van der Waals surface area contributed by atoms with E-state index in [1.807, 2.05) is 32.0 Å². The average molecular weight is 525 g/mol. The molecule has 0 aliphatic heterocycles. The second kappa shape index (κ2) is 10.5. The fourth-order valence-corrected chi connectivity index (χ4v) is 6.18. The summed E-state index contributed by atoms with van der Waals surface area (Å²) in [5, 5.41) is 2.79. The van der Waals surface area contributed by atoms with E-state index in [4.69, 9.17) is 4.98 Å². The normalized spacial score (nSPS) is 15.3. The van der Waals surface area contributed by atoms with Crippen molar-refractivity contribution in [3.8, 4) is 0 Å². The molecule has 1 fully saturated rings. The molecule has 0 unspecified atom stereocenters. The molecule has 3 aromatic rings. The lowest BCUT2D eigenvalue weighted by Gasteiger charge is -2.26. The molecule has 0 saturated heterocycles. The SMILES string of the molecule is CC(C)C(=O)Nc1ccc(S(=O)(=O)N(C)c2ccc3c(c2)nc(C(C)(C)C)n3CC2CCCCC2)cc1. The number of nitrogens with zero attached hydrogens (tertiary/aromatic N) is 3. The Labute approximate surface area is 221 Å². The van der Waals surface area contributed by atoms with Crippen LogP contribution in [-0.2, 0) is 26.8 Å². The highest BCUT2D eigenvalue weighted by Crippen LogP contribution is 2.33. The van der Waals surface area contributed by atoms with Gasteiger partial charge in [0.2, 0.25) is 5.91 Å². The molecule has 1 amide bonds. The third-order valence-corrected chi connectivity index (χ3v) is 9.04. The maximum absolute atomic E-state index is 13.4. The Morgan fingerprint density at radius 1 is 1.08 bits per heavy atom. The molecule has 37 heavy (non-hydrogen) atoms. The van der Waals surface area contributed by atoms with Crippen molar-refractivity contribution in [2.45, 2.75) is 83.6 Å². The minimum absolute atomic E-state index is 0.112. The van der Waals surface area contributed by atoms with Gasteiger partial charge in [-0.15, -0.1) is 0 Å². The quantitative estimate of drug-likeness (QED) is 0.391.